The van der Waals surface area contributed by atoms with E-state index in [1.165, 1.54) is 0 Å². The fourth-order valence-electron chi connectivity index (χ4n) is 3.60. The third-order valence-electron chi connectivity index (χ3n) is 4.97. The van der Waals surface area contributed by atoms with Crippen LogP contribution < -0.4 is 4.90 Å². The van der Waals surface area contributed by atoms with E-state index >= 15 is 0 Å². The smallest absolute Gasteiger partial charge is 0.339 e. The van der Waals surface area contributed by atoms with Crippen LogP contribution in [0.3, 0.4) is 0 Å². The Labute approximate surface area is 161 Å². The maximum absolute atomic E-state index is 11.5. The number of nitrogens with zero attached hydrogens (tertiary/aromatic N) is 5. The molecule has 0 spiro atoms. The molecule has 0 aliphatic carbocycles. The molecule has 4 rings (SSSR count). The number of rotatable bonds is 5. The van der Waals surface area contributed by atoms with Crippen molar-refractivity contribution in [3.05, 3.63) is 58.2 Å². The van der Waals surface area contributed by atoms with Crippen LogP contribution in [-0.4, -0.2) is 43.7 Å². The van der Waals surface area contributed by atoms with Gasteiger partial charge in [-0.2, -0.15) is 0 Å². The average molecular weight is 383 g/mol. The molecule has 7 nitrogen and oxygen atoms in total. The van der Waals surface area contributed by atoms with Gasteiger partial charge in [0.05, 0.1) is 17.7 Å². The molecule has 0 radical (unpaired) electrons. The molecule has 0 amide bonds. The molecule has 1 aliphatic heterocycles. The summed E-state index contributed by atoms with van der Waals surface area (Å²) in [5.41, 5.74) is 3.99. The molecule has 8 heteroatoms. The summed E-state index contributed by atoms with van der Waals surface area (Å²) in [7, 11) is 0. The van der Waals surface area contributed by atoms with Gasteiger partial charge in [-0.15, -0.1) is 11.3 Å². The van der Waals surface area contributed by atoms with Crippen molar-refractivity contribution < 1.29 is 9.90 Å². The lowest BCUT2D eigenvalue weighted by molar-refractivity contribution is 0.0697. The van der Waals surface area contributed by atoms with E-state index in [4.69, 9.17) is 0 Å². The Morgan fingerprint density at radius 1 is 1.30 bits per heavy atom. The van der Waals surface area contributed by atoms with Crippen LogP contribution in [0.4, 0.5) is 5.82 Å². The zero-order valence-electron chi connectivity index (χ0n) is 15.1. The van der Waals surface area contributed by atoms with Crippen molar-refractivity contribution in [2.75, 3.05) is 18.0 Å². The molecule has 0 unspecified atom stereocenters. The summed E-state index contributed by atoms with van der Waals surface area (Å²) >= 11 is 1.60. The number of hydrogen-bond acceptors (Lipinski definition) is 6. The van der Waals surface area contributed by atoms with Crippen LogP contribution in [-0.2, 0) is 6.54 Å². The molecule has 4 heterocycles. The number of aryl methyl sites for hydroxylation is 1. The van der Waals surface area contributed by atoms with Crippen molar-refractivity contribution in [2.45, 2.75) is 32.2 Å². The highest BCUT2D eigenvalue weighted by molar-refractivity contribution is 7.07. The van der Waals surface area contributed by atoms with Crippen LogP contribution >= 0.6 is 11.3 Å². The Hall–Kier alpha value is -2.74. The second-order valence-corrected chi connectivity index (χ2v) is 7.50. The third kappa shape index (κ3) is 3.71. The van der Waals surface area contributed by atoms with E-state index in [1.807, 2.05) is 24.8 Å². The van der Waals surface area contributed by atoms with Gasteiger partial charge >= 0.3 is 5.97 Å². The zero-order valence-corrected chi connectivity index (χ0v) is 15.9. The Morgan fingerprint density at radius 3 is 2.81 bits per heavy atom. The van der Waals surface area contributed by atoms with Crippen molar-refractivity contribution in [1.82, 2.24) is 19.5 Å². The second kappa shape index (κ2) is 7.48. The number of hydrogen-bond donors (Lipinski definition) is 1. The van der Waals surface area contributed by atoms with Crippen molar-refractivity contribution in [2.24, 2.45) is 0 Å². The van der Waals surface area contributed by atoms with Gasteiger partial charge in [-0.3, -0.25) is 0 Å². The quantitative estimate of drug-likeness (QED) is 0.728. The highest BCUT2D eigenvalue weighted by Crippen LogP contribution is 2.30. The molecule has 1 aliphatic rings. The number of aromatic carboxylic acids is 1. The normalized spacial score (nSPS) is 15.2. The topological polar surface area (TPSA) is 84.1 Å². The minimum Gasteiger partial charge on any atom is -0.478 e. The summed E-state index contributed by atoms with van der Waals surface area (Å²) in [6.07, 6.45) is 5.69. The molecule has 1 fully saturated rings. The van der Waals surface area contributed by atoms with Gasteiger partial charge in [0.15, 0.2) is 0 Å². The number of carbonyl (C=O) groups is 1. The molecule has 0 atom stereocenters. The SMILES string of the molecule is Cc1ccc(C(=O)O)c(N2CCC(c3nccn3Cc3cscn3)CC2)n1. The molecule has 1 saturated heterocycles. The second-order valence-electron chi connectivity index (χ2n) is 6.78. The summed E-state index contributed by atoms with van der Waals surface area (Å²) in [5.74, 6) is 1.08. The molecular weight excluding hydrogens is 362 g/mol. The van der Waals surface area contributed by atoms with E-state index in [-0.39, 0.29) is 5.56 Å². The lowest BCUT2D eigenvalue weighted by Gasteiger charge is -2.33. The van der Waals surface area contributed by atoms with E-state index in [2.05, 4.69) is 29.8 Å². The Kier molecular flexibility index (Phi) is 4.89. The number of aromatic nitrogens is 4. The van der Waals surface area contributed by atoms with Gasteiger partial charge in [-0.1, -0.05) is 0 Å². The van der Waals surface area contributed by atoms with Crippen molar-refractivity contribution in [1.29, 1.82) is 0 Å². The van der Waals surface area contributed by atoms with Crippen LogP contribution in [0.2, 0.25) is 0 Å². The number of thiazole rings is 1. The number of pyridine rings is 1. The lowest BCUT2D eigenvalue weighted by atomic mass is 9.95. The van der Waals surface area contributed by atoms with Gasteiger partial charge < -0.3 is 14.6 Å². The molecule has 3 aromatic rings. The number of imidazole rings is 1. The van der Waals surface area contributed by atoms with Gasteiger partial charge in [0.25, 0.3) is 0 Å². The Balaban J connectivity index is 1.48. The van der Waals surface area contributed by atoms with E-state index in [9.17, 15) is 9.90 Å². The minimum absolute atomic E-state index is 0.268. The monoisotopic (exact) mass is 383 g/mol. The van der Waals surface area contributed by atoms with Gasteiger partial charge in [0, 0.05) is 42.5 Å². The first-order valence-corrected chi connectivity index (χ1v) is 9.90. The molecular formula is C19H21N5O2S. The average Bonchev–Trinajstić information content (AvgIpc) is 3.34. The minimum atomic E-state index is -0.932. The van der Waals surface area contributed by atoms with Gasteiger partial charge in [-0.25, -0.2) is 19.7 Å². The maximum atomic E-state index is 11.5. The molecule has 0 bridgehead atoms. The maximum Gasteiger partial charge on any atom is 0.339 e. The van der Waals surface area contributed by atoms with Crippen LogP contribution in [0.5, 0.6) is 0 Å². The summed E-state index contributed by atoms with van der Waals surface area (Å²) in [6.45, 7) is 4.16. The summed E-state index contributed by atoms with van der Waals surface area (Å²) < 4.78 is 2.17. The summed E-state index contributed by atoms with van der Waals surface area (Å²) in [6, 6.07) is 3.39. The highest BCUT2D eigenvalue weighted by atomic mass is 32.1. The summed E-state index contributed by atoms with van der Waals surface area (Å²) in [4.78, 5) is 27.1. The molecule has 0 saturated carbocycles. The first-order valence-electron chi connectivity index (χ1n) is 8.96. The van der Waals surface area contributed by atoms with Crippen LogP contribution in [0.1, 0.15) is 46.3 Å². The fourth-order valence-corrected chi connectivity index (χ4v) is 4.15. The zero-order chi connectivity index (χ0) is 18.8. The number of anilines is 1. The largest absolute Gasteiger partial charge is 0.478 e. The van der Waals surface area contributed by atoms with Crippen LogP contribution in [0.15, 0.2) is 35.4 Å². The van der Waals surface area contributed by atoms with E-state index in [1.54, 1.807) is 23.5 Å². The van der Waals surface area contributed by atoms with Gasteiger partial charge in [-0.05, 0) is 31.9 Å². The predicted molar refractivity (Wildman–Crippen MR) is 104 cm³/mol. The first kappa shape index (κ1) is 17.7. The predicted octanol–water partition coefficient (Wildman–Crippen LogP) is 3.17. The van der Waals surface area contributed by atoms with E-state index in [0.717, 1.165) is 49.7 Å². The number of piperidine rings is 1. The van der Waals surface area contributed by atoms with Gasteiger partial charge in [0.2, 0.25) is 0 Å². The van der Waals surface area contributed by atoms with Crippen LogP contribution in [0.25, 0.3) is 0 Å². The molecule has 140 valence electrons. The standard InChI is InChI=1S/C19H21N5O2S/c1-13-2-3-16(19(25)26)18(22-13)23-7-4-14(5-8-23)17-20-6-9-24(17)10-15-11-27-12-21-15/h2-3,6,9,11-12,14H,4-5,7-8,10H2,1H3,(H,25,26). The van der Waals surface area contributed by atoms with Gasteiger partial charge in [0.1, 0.15) is 17.2 Å². The van der Waals surface area contributed by atoms with Crippen molar-refractivity contribution in [3.63, 3.8) is 0 Å². The summed E-state index contributed by atoms with van der Waals surface area (Å²) in [5, 5.41) is 11.5. The Bertz CT molecular complexity index is 929. The van der Waals surface area contributed by atoms with Crippen molar-refractivity contribution in [3.8, 4) is 0 Å². The van der Waals surface area contributed by atoms with E-state index < -0.39 is 5.97 Å². The molecule has 1 N–H and O–H groups in total. The lowest BCUT2D eigenvalue weighted by Crippen LogP contribution is -2.35. The molecule has 3 aromatic heterocycles. The Morgan fingerprint density at radius 2 is 2.11 bits per heavy atom. The van der Waals surface area contributed by atoms with Crippen LogP contribution in [0, 0.1) is 6.92 Å². The fraction of sp³-hybridized carbons (Fsp3) is 0.368. The highest BCUT2D eigenvalue weighted by Gasteiger charge is 2.27. The van der Waals surface area contributed by atoms with Crippen molar-refractivity contribution >= 4 is 23.1 Å². The number of carboxylic acids is 1. The van der Waals surface area contributed by atoms with E-state index in [0.29, 0.717) is 11.7 Å². The first-order chi connectivity index (χ1) is 13.1. The molecule has 27 heavy (non-hydrogen) atoms. The molecule has 0 aromatic carbocycles. The number of carboxylic acid groups (broad SMARTS) is 1. The third-order valence-corrected chi connectivity index (χ3v) is 5.60.